The Labute approximate surface area is 236 Å². The van der Waals surface area contributed by atoms with Crippen molar-refractivity contribution < 1.29 is 14.9 Å². The maximum atomic E-state index is 11.3. The van der Waals surface area contributed by atoms with Gasteiger partial charge in [-0.2, -0.15) is 0 Å². The molecule has 0 saturated carbocycles. The third-order valence-corrected chi connectivity index (χ3v) is 7.74. The van der Waals surface area contributed by atoms with Gasteiger partial charge in [0.05, 0.1) is 18.5 Å². The average molecular weight is 544 g/mol. The van der Waals surface area contributed by atoms with Crippen LogP contribution >= 0.6 is 0 Å². The van der Waals surface area contributed by atoms with E-state index in [-0.39, 0.29) is 0 Å². The van der Waals surface area contributed by atoms with E-state index in [9.17, 15) is 10.2 Å². The van der Waals surface area contributed by atoms with Crippen LogP contribution in [-0.4, -0.2) is 45.2 Å². The number of benzene rings is 2. The SMILES string of the molecule is COc1ccc(C23C=C/C(=C(\c4ccc(N)cc4)C4=N/C(=C\c5ccc([nH]5)/C=c5/cc/c([nH]5)=C/2)C(O)C4O)N3)cc1. The summed E-state index contributed by atoms with van der Waals surface area (Å²) in [4.78, 5) is 11.6. The monoisotopic (exact) mass is 543 g/mol. The molecule has 3 unspecified atom stereocenters. The molecule has 0 saturated heterocycles. The molecule has 0 amide bonds. The van der Waals surface area contributed by atoms with Crippen molar-refractivity contribution >= 4 is 35.2 Å². The van der Waals surface area contributed by atoms with Crippen LogP contribution in [0.4, 0.5) is 5.69 Å². The second-order valence-electron chi connectivity index (χ2n) is 10.4. The number of H-pyrrole nitrogens is 2. The standard InChI is InChI=1S/C33H29N5O3/c1-41-26-12-4-20(5-13-26)33-15-14-27(38-33)29(19-2-6-21(34)7-3-19)30-32(40)31(39)28(37-30)17-24-9-8-22(35-24)16-23-10-11-25(18-33)36-23/h2-18,31-32,35-36,38-40H,34H2,1H3/b23-16-,25-18-,28-17-,29-27-. The van der Waals surface area contributed by atoms with Crippen molar-refractivity contribution in [1.82, 2.24) is 15.3 Å². The maximum Gasteiger partial charge on any atom is 0.128 e. The summed E-state index contributed by atoms with van der Waals surface area (Å²) < 4.78 is 5.41. The van der Waals surface area contributed by atoms with Crippen molar-refractivity contribution in [2.75, 3.05) is 12.8 Å². The van der Waals surface area contributed by atoms with E-state index < -0.39 is 17.7 Å². The summed E-state index contributed by atoms with van der Waals surface area (Å²) in [6.45, 7) is 0. The minimum Gasteiger partial charge on any atom is -0.497 e. The number of nitrogens with one attached hydrogen (secondary N) is 3. The molecule has 7 N–H and O–H groups in total. The molecule has 3 aliphatic heterocycles. The fourth-order valence-corrected chi connectivity index (χ4v) is 5.63. The Kier molecular flexibility index (Phi) is 5.81. The van der Waals surface area contributed by atoms with Gasteiger partial charge in [0.15, 0.2) is 0 Å². The van der Waals surface area contributed by atoms with E-state index in [0.29, 0.717) is 22.7 Å². The average Bonchev–Trinajstić information content (AvgIpc) is 3.77. The highest BCUT2D eigenvalue weighted by atomic mass is 16.5. The Balaban J connectivity index is 1.51. The zero-order valence-corrected chi connectivity index (χ0v) is 22.3. The molecule has 3 atom stereocenters. The van der Waals surface area contributed by atoms with Crippen molar-refractivity contribution in [3.05, 3.63) is 130 Å². The summed E-state index contributed by atoms with van der Waals surface area (Å²) in [5.41, 5.74) is 11.5. The van der Waals surface area contributed by atoms with Gasteiger partial charge < -0.3 is 36.0 Å². The molecule has 8 bridgehead atoms. The Morgan fingerprint density at radius 1 is 0.829 bits per heavy atom. The summed E-state index contributed by atoms with van der Waals surface area (Å²) in [5.74, 6) is 0.762. The number of methoxy groups -OCH3 is 1. The number of anilines is 1. The van der Waals surface area contributed by atoms with E-state index in [1.807, 2.05) is 84.9 Å². The number of nitrogens with two attached hydrogens (primary N) is 1. The van der Waals surface area contributed by atoms with Crippen LogP contribution in [0, 0.1) is 0 Å². The lowest BCUT2D eigenvalue weighted by atomic mass is 9.90. The van der Waals surface area contributed by atoms with E-state index in [1.165, 1.54) is 0 Å². The van der Waals surface area contributed by atoms with Gasteiger partial charge in [-0.3, -0.25) is 4.99 Å². The van der Waals surface area contributed by atoms with Gasteiger partial charge in [0.1, 0.15) is 23.5 Å². The minimum absolute atomic E-state index is 0.374. The van der Waals surface area contributed by atoms with Crippen LogP contribution in [-0.2, 0) is 5.54 Å². The number of nitrogens with zero attached hydrogens (tertiary/aromatic N) is 1. The first kappa shape index (κ1) is 25.0. The zero-order valence-electron chi connectivity index (χ0n) is 22.3. The molecule has 41 heavy (non-hydrogen) atoms. The van der Waals surface area contributed by atoms with Crippen molar-refractivity contribution in [3.8, 4) is 5.75 Å². The topological polar surface area (TPSA) is 132 Å². The summed E-state index contributed by atoms with van der Waals surface area (Å²) in [7, 11) is 1.65. The van der Waals surface area contributed by atoms with E-state index >= 15 is 0 Å². The predicted octanol–water partition coefficient (Wildman–Crippen LogP) is 2.54. The second kappa shape index (κ2) is 9.55. The van der Waals surface area contributed by atoms with Crippen molar-refractivity contribution in [1.29, 1.82) is 0 Å². The molecule has 7 rings (SSSR count). The van der Waals surface area contributed by atoms with Crippen LogP contribution in [0.1, 0.15) is 22.5 Å². The summed E-state index contributed by atoms with van der Waals surface area (Å²) >= 11 is 0. The summed E-state index contributed by atoms with van der Waals surface area (Å²) in [5, 5.41) is 28.0. The first-order valence-corrected chi connectivity index (χ1v) is 13.4. The van der Waals surface area contributed by atoms with Crippen molar-refractivity contribution in [2.45, 2.75) is 17.7 Å². The lowest BCUT2D eigenvalue weighted by molar-refractivity contribution is 0.0941. The largest absolute Gasteiger partial charge is 0.497 e. The van der Waals surface area contributed by atoms with Crippen LogP contribution in [0.25, 0.3) is 23.8 Å². The van der Waals surface area contributed by atoms with Gasteiger partial charge in [-0.15, -0.1) is 0 Å². The molecular weight excluding hydrogens is 514 g/mol. The number of aromatic amines is 2. The number of hydrogen-bond acceptors (Lipinski definition) is 6. The molecular formula is C33H29N5O3. The Morgan fingerprint density at radius 2 is 1.56 bits per heavy atom. The van der Waals surface area contributed by atoms with Crippen LogP contribution < -0.4 is 26.5 Å². The number of aromatic nitrogens is 2. The van der Waals surface area contributed by atoms with Crippen LogP contribution in [0.15, 0.2) is 101 Å². The molecule has 2 aromatic carbocycles. The van der Waals surface area contributed by atoms with E-state index in [0.717, 1.165) is 44.7 Å². The molecule has 0 fully saturated rings. The molecule has 8 nitrogen and oxygen atoms in total. The van der Waals surface area contributed by atoms with Crippen molar-refractivity contribution in [3.63, 3.8) is 0 Å². The van der Waals surface area contributed by atoms with Crippen LogP contribution in [0.5, 0.6) is 5.75 Å². The third-order valence-electron chi connectivity index (χ3n) is 7.74. The number of nitrogen functional groups attached to an aromatic ring is 1. The summed E-state index contributed by atoms with van der Waals surface area (Å²) in [6, 6.07) is 23.3. The number of ether oxygens (including phenoxy) is 1. The highest BCUT2D eigenvalue weighted by molar-refractivity contribution is 6.28. The third kappa shape index (κ3) is 4.39. The minimum atomic E-state index is -1.22. The molecule has 204 valence electrons. The second-order valence-corrected chi connectivity index (χ2v) is 10.4. The molecule has 3 aliphatic rings. The van der Waals surface area contributed by atoms with Crippen LogP contribution in [0.3, 0.4) is 0 Å². The first-order chi connectivity index (χ1) is 19.9. The lowest BCUT2D eigenvalue weighted by Gasteiger charge is -2.28. The highest BCUT2D eigenvalue weighted by Gasteiger charge is 2.39. The molecule has 0 spiro atoms. The quantitative estimate of drug-likeness (QED) is 0.221. The Bertz CT molecular complexity index is 1890. The van der Waals surface area contributed by atoms with Crippen molar-refractivity contribution in [2.24, 2.45) is 4.99 Å². The first-order valence-electron chi connectivity index (χ1n) is 13.4. The molecule has 2 aromatic heterocycles. The molecule has 0 aliphatic carbocycles. The lowest BCUT2D eigenvalue weighted by Crippen LogP contribution is -2.37. The van der Waals surface area contributed by atoms with Gasteiger partial charge in [0.2, 0.25) is 0 Å². The molecule has 4 aromatic rings. The van der Waals surface area contributed by atoms with E-state index in [4.69, 9.17) is 15.5 Å². The maximum absolute atomic E-state index is 11.3. The number of allylic oxidation sites excluding steroid dienone is 1. The van der Waals surface area contributed by atoms with Crippen LogP contribution in [0.2, 0.25) is 0 Å². The van der Waals surface area contributed by atoms with Gasteiger partial charge in [0, 0.05) is 39.0 Å². The number of aliphatic hydroxyl groups is 2. The fourth-order valence-electron chi connectivity index (χ4n) is 5.63. The van der Waals surface area contributed by atoms with Gasteiger partial charge >= 0.3 is 0 Å². The number of hydrogen-bond donors (Lipinski definition) is 6. The molecule has 8 heteroatoms. The fraction of sp³-hybridized carbons (Fsp3) is 0.121. The smallest absolute Gasteiger partial charge is 0.128 e. The normalized spacial score (nSPS) is 27.6. The zero-order chi connectivity index (χ0) is 28.1. The number of fused-ring (bicyclic) bond motifs is 7. The summed E-state index contributed by atoms with van der Waals surface area (Å²) in [6.07, 6.45) is 7.60. The van der Waals surface area contributed by atoms with Gasteiger partial charge in [-0.25, -0.2) is 0 Å². The number of aliphatic hydroxyl groups excluding tert-OH is 2. The van der Waals surface area contributed by atoms with Gasteiger partial charge in [-0.1, -0.05) is 24.3 Å². The Morgan fingerprint density at radius 3 is 2.32 bits per heavy atom. The highest BCUT2D eigenvalue weighted by Crippen LogP contribution is 2.38. The predicted molar refractivity (Wildman–Crippen MR) is 161 cm³/mol. The number of aliphatic imine (C=N–C) groups is 1. The van der Waals surface area contributed by atoms with E-state index in [2.05, 4.69) is 27.4 Å². The van der Waals surface area contributed by atoms with E-state index in [1.54, 1.807) is 13.2 Å². The van der Waals surface area contributed by atoms with Gasteiger partial charge in [-0.05, 0) is 90.0 Å². The molecule has 5 heterocycles. The Hall–Kier alpha value is -5.05. The van der Waals surface area contributed by atoms with Gasteiger partial charge in [0.25, 0.3) is 0 Å². The number of rotatable bonds is 3. The molecule has 0 radical (unpaired) electrons.